The number of carbonyl (C=O) groups is 1. The van der Waals surface area contributed by atoms with Gasteiger partial charge in [0.25, 0.3) is 0 Å². The summed E-state index contributed by atoms with van der Waals surface area (Å²) in [5, 5.41) is -0.117. The normalized spacial score (nSPS) is 11.0. The van der Waals surface area contributed by atoms with E-state index in [1.165, 1.54) is 0 Å². The monoisotopic (exact) mass is 395 g/mol. The number of halogens is 4. The van der Waals surface area contributed by atoms with Crippen LogP contribution in [0.25, 0.3) is 10.9 Å². The van der Waals surface area contributed by atoms with E-state index in [-0.39, 0.29) is 13.2 Å². The number of hydrogen-bond donors (Lipinski definition) is 0. The van der Waals surface area contributed by atoms with Gasteiger partial charge in [0.2, 0.25) is 5.43 Å². The molecule has 1 heterocycles. The Bertz CT molecular complexity index is 1110. The highest BCUT2D eigenvalue weighted by atomic mass is 35.5. The number of pyridine rings is 1. The topological polar surface area (TPSA) is 48.3 Å². The number of nitrogens with zero attached hydrogens (tertiary/aromatic N) is 1. The summed E-state index contributed by atoms with van der Waals surface area (Å²) < 4.78 is 47.9. The fourth-order valence-corrected chi connectivity index (χ4v) is 2.95. The van der Waals surface area contributed by atoms with E-state index in [9.17, 15) is 22.8 Å². The van der Waals surface area contributed by atoms with Crippen molar-refractivity contribution in [3.63, 3.8) is 0 Å². The molecular weight excluding hydrogens is 383 g/mol. The molecule has 0 saturated carbocycles. The predicted octanol–water partition coefficient (Wildman–Crippen LogP) is 4.30. The number of esters is 1. The van der Waals surface area contributed by atoms with Crippen LogP contribution in [0.5, 0.6) is 0 Å². The van der Waals surface area contributed by atoms with Gasteiger partial charge in [-0.1, -0.05) is 29.8 Å². The van der Waals surface area contributed by atoms with Gasteiger partial charge in [0.1, 0.15) is 5.56 Å². The van der Waals surface area contributed by atoms with Crippen molar-refractivity contribution in [2.75, 3.05) is 6.61 Å². The van der Waals surface area contributed by atoms with E-state index in [1.54, 1.807) is 31.2 Å². The molecule has 0 bridgehead atoms. The highest BCUT2D eigenvalue weighted by Gasteiger charge is 2.23. The van der Waals surface area contributed by atoms with Crippen LogP contribution >= 0.6 is 11.6 Å². The summed E-state index contributed by atoms with van der Waals surface area (Å²) in [6.45, 7) is 1.48. The molecule has 27 heavy (non-hydrogen) atoms. The van der Waals surface area contributed by atoms with Crippen LogP contribution in [0, 0.1) is 17.5 Å². The SMILES string of the molecule is CCOC(=O)c1cn(Cc2ccccc2Cl)c2c(F)c(F)c(F)cc2c1=O. The summed E-state index contributed by atoms with van der Waals surface area (Å²) in [7, 11) is 0. The number of benzene rings is 2. The Balaban J connectivity index is 2.34. The zero-order valence-corrected chi connectivity index (χ0v) is 14.8. The smallest absolute Gasteiger partial charge is 0.343 e. The number of rotatable bonds is 4. The van der Waals surface area contributed by atoms with Crippen molar-refractivity contribution in [1.82, 2.24) is 4.57 Å². The third-order valence-electron chi connectivity index (χ3n) is 3.99. The minimum absolute atomic E-state index is 0.00691. The first-order valence-electron chi connectivity index (χ1n) is 7.96. The highest BCUT2D eigenvalue weighted by molar-refractivity contribution is 6.31. The molecule has 0 radical (unpaired) electrons. The summed E-state index contributed by atoms with van der Waals surface area (Å²) in [6, 6.07) is 7.20. The van der Waals surface area contributed by atoms with E-state index >= 15 is 0 Å². The Kier molecular flexibility index (Phi) is 5.23. The fraction of sp³-hybridized carbons (Fsp3) is 0.158. The molecule has 0 atom stereocenters. The molecule has 0 aliphatic rings. The Hall–Kier alpha value is -2.80. The standard InChI is InChI=1S/C19H13ClF3NO3/c1-2-27-19(26)12-9-24(8-10-5-3-4-6-13(10)20)17-11(18(12)25)7-14(21)15(22)16(17)23/h3-7,9H,2,8H2,1H3. The lowest BCUT2D eigenvalue weighted by Crippen LogP contribution is -2.22. The van der Waals surface area contributed by atoms with Crippen molar-refractivity contribution in [3.8, 4) is 0 Å². The van der Waals surface area contributed by atoms with Gasteiger partial charge in [-0.2, -0.15) is 0 Å². The van der Waals surface area contributed by atoms with Gasteiger partial charge in [0, 0.05) is 17.8 Å². The maximum absolute atomic E-state index is 14.5. The van der Waals surface area contributed by atoms with Gasteiger partial charge in [-0.15, -0.1) is 0 Å². The van der Waals surface area contributed by atoms with Crippen LogP contribution in [0.2, 0.25) is 5.02 Å². The van der Waals surface area contributed by atoms with E-state index < -0.39 is 45.3 Å². The Morgan fingerprint density at radius 2 is 1.89 bits per heavy atom. The molecule has 140 valence electrons. The van der Waals surface area contributed by atoms with Gasteiger partial charge in [-0.3, -0.25) is 4.79 Å². The molecule has 3 rings (SSSR count). The lowest BCUT2D eigenvalue weighted by atomic mass is 10.1. The maximum Gasteiger partial charge on any atom is 0.343 e. The highest BCUT2D eigenvalue weighted by Crippen LogP contribution is 2.24. The fourth-order valence-electron chi connectivity index (χ4n) is 2.75. The molecule has 0 amide bonds. The largest absolute Gasteiger partial charge is 0.462 e. The number of ether oxygens (including phenoxy) is 1. The van der Waals surface area contributed by atoms with Crippen LogP contribution < -0.4 is 5.43 Å². The van der Waals surface area contributed by atoms with Crippen LogP contribution in [0.4, 0.5) is 13.2 Å². The average Bonchev–Trinajstić information content (AvgIpc) is 2.64. The Labute approximate surface area is 156 Å². The van der Waals surface area contributed by atoms with Crippen molar-refractivity contribution in [3.05, 3.63) is 80.4 Å². The molecule has 1 aromatic heterocycles. The molecule has 8 heteroatoms. The summed E-state index contributed by atoms with van der Waals surface area (Å²) in [4.78, 5) is 24.6. The van der Waals surface area contributed by atoms with Gasteiger partial charge in [0.05, 0.1) is 17.5 Å². The van der Waals surface area contributed by atoms with Crippen LogP contribution in [-0.4, -0.2) is 17.1 Å². The summed E-state index contributed by atoms with van der Waals surface area (Å²) in [5.74, 6) is -5.70. The van der Waals surface area contributed by atoms with Crippen LogP contribution in [-0.2, 0) is 11.3 Å². The van der Waals surface area contributed by atoms with Crippen molar-refractivity contribution < 1.29 is 22.7 Å². The minimum Gasteiger partial charge on any atom is -0.462 e. The average molecular weight is 396 g/mol. The first-order valence-corrected chi connectivity index (χ1v) is 8.34. The van der Waals surface area contributed by atoms with E-state index in [2.05, 4.69) is 0 Å². The van der Waals surface area contributed by atoms with Gasteiger partial charge in [-0.05, 0) is 24.6 Å². The van der Waals surface area contributed by atoms with Crippen molar-refractivity contribution >= 4 is 28.5 Å². The van der Waals surface area contributed by atoms with E-state index in [0.717, 1.165) is 10.8 Å². The second kappa shape index (κ2) is 7.44. The molecule has 0 aliphatic carbocycles. The lowest BCUT2D eigenvalue weighted by molar-refractivity contribution is 0.0524. The lowest BCUT2D eigenvalue weighted by Gasteiger charge is -2.15. The summed E-state index contributed by atoms with van der Waals surface area (Å²) in [5.41, 5.74) is -1.30. The van der Waals surface area contributed by atoms with Gasteiger partial charge in [-0.25, -0.2) is 18.0 Å². The Morgan fingerprint density at radius 3 is 2.56 bits per heavy atom. The first-order chi connectivity index (χ1) is 12.8. The minimum atomic E-state index is -1.71. The molecule has 0 spiro atoms. The second-order valence-electron chi connectivity index (χ2n) is 5.69. The molecule has 0 saturated heterocycles. The molecule has 0 aliphatic heterocycles. The van der Waals surface area contributed by atoms with Gasteiger partial charge >= 0.3 is 5.97 Å². The van der Waals surface area contributed by atoms with E-state index in [1.807, 2.05) is 0 Å². The van der Waals surface area contributed by atoms with Crippen LogP contribution in [0.15, 0.2) is 41.3 Å². The van der Waals surface area contributed by atoms with Crippen molar-refractivity contribution in [2.45, 2.75) is 13.5 Å². The third kappa shape index (κ3) is 3.42. The third-order valence-corrected chi connectivity index (χ3v) is 4.36. The number of fused-ring (bicyclic) bond motifs is 1. The number of aromatic nitrogens is 1. The summed E-state index contributed by atoms with van der Waals surface area (Å²) >= 11 is 6.11. The van der Waals surface area contributed by atoms with E-state index in [4.69, 9.17) is 16.3 Å². The molecular formula is C19H13ClF3NO3. The zero-order chi connectivity index (χ0) is 19.7. The van der Waals surface area contributed by atoms with Crippen LogP contribution in [0.3, 0.4) is 0 Å². The molecule has 2 aromatic carbocycles. The Morgan fingerprint density at radius 1 is 1.19 bits per heavy atom. The maximum atomic E-state index is 14.5. The number of hydrogen-bond acceptors (Lipinski definition) is 3. The van der Waals surface area contributed by atoms with Crippen molar-refractivity contribution in [2.24, 2.45) is 0 Å². The van der Waals surface area contributed by atoms with Crippen molar-refractivity contribution in [1.29, 1.82) is 0 Å². The molecule has 4 nitrogen and oxygen atoms in total. The predicted molar refractivity (Wildman–Crippen MR) is 94.6 cm³/mol. The molecule has 0 unspecified atom stereocenters. The number of carbonyl (C=O) groups excluding carboxylic acids is 1. The summed E-state index contributed by atoms with van der Waals surface area (Å²) in [6.07, 6.45) is 1.06. The molecule has 0 fully saturated rings. The quantitative estimate of drug-likeness (QED) is 0.489. The molecule has 0 N–H and O–H groups in total. The van der Waals surface area contributed by atoms with Crippen LogP contribution in [0.1, 0.15) is 22.8 Å². The first kappa shape index (κ1) is 19.0. The second-order valence-corrected chi connectivity index (χ2v) is 6.10. The van der Waals surface area contributed by atoms with Gasteiger partial charge < -0.3 is 9.30 Å². The van der Waals surface area contributed by atoms with Gasteiger partial charge in [0.15, 0.2) is 17.5 Å². The zero-order valence-electron chi connectivity index (χ0n) is 14.1. The molecule has 3 aromatic rings. The van der Waals surface area contributed by atoms with E-state index in [0.29, 0.717) is 16.7 Å².